The van der Waals surface area contributed by atoms with E-state index in [1.807, 2.05) is 26.0 Å². The molecule has 0 bridgehead atoms. The largest absolute Gasteiger partial charge is 0.344 e. The van der Waals surface area contributed by atoms with E-state index in [0.29, 0.717) is 34.3 Å². The van der Waals surface area contributed by atoms with Crippen LogP contribution in [0.3, 0.4) is 0 Å². The molecule has 5 heterocycles. The van der Waals surface area contributed by atoms with Gasteiger partial charge in [-0.25, -0.2) is 15.0 Å². The van der Waals surface area contributed by atoms with Crippen LogP contribution >= 0.6 is 0 Å². The molecule has 13 heteroatoms. The summed E-state index contributed by atoms with van der Waals surface area (Å²) in [5.41, 5.74) is 4.32. The smallest absolute Gasteiger partial charge is 0.270 e. The SMILES string of the molecule is CN=Cc1nc(Nc2cc(C)nc(-c3ccc(C(=O)NC(C)c4ccc(-c5ccc(F)nc5C)nc4)nc3)n2)no1. The quantitative estimate of drug-likeness (QED) is 0.209. The van der Waals surface area contributed by atoms with Gasteiger partial charge < -0.3 is 15.2 Å². The number of halogens is 1. The lowest BCUT2D eigenvalue weighted by Gasteiger charge is -2.14. The van der Waals surface area contributed by atoms with Crippen LogP contribution in [0.5, 0.6) is 0 Å². The highest BCUT2D eigenvalue weighted by Gasteiger charge is 2.15. The first-order chi connectivity index (χ1) is 19.8. The first-order valence-corrected chi connectivity index (χ1v) is 12.5. The average molecular weight is 553 g/mol. The van der Waals surface area contributed by atoms with Crippen molar-refractivity contribution < 1.29 is 13.7 Å². The molecule has 0 spiro atoms. The van der Waals surface area contributed by atoms with Crippen molar-refractivity contribution in [3.63, 3.8) is 0 Å². The molecule has 5 aromatic heterocycles. The number of nitrogens with zero attached hydrogens (tertiary/aromatic N) is 8. The van der Waals surface area contributed by atoms with Gasteiger partial charge in [0.2, 0.25) is 5.95 Å². The monoisotopic (exact) mass is 552 g/mol. The Bertz CT molecular complexity index is 1720. The second-order valence-corrected chi connectivity index (χ2v) is 9.06. The summed E-state index contributed by atoms with van der Waals surface area (Å²) in [6.07, 6.45) is 4.66. The first-order valence-electron chi connectivity index (χ1n) is 12.5. The highest BCUT2D eigenvalue weighted by atomic mass is 19.1. The lowest BCUT2D eigenvalue weighted by molar-refractivity contribution is 0.0935. The molecule has 2 N–H and O–H groups in total. The third-order valence-corrected chi connectivity index (χ3v) is 5.99. The number of aromatic nitrogens is 7. The number of nitrogens with one attached hydrogen (secondary N) is 2. The number of aryl methyl sites for hydroxylation is 2. The van der Waals surface area contributed by atoms with Gasteiger partial charge in [-0.2, -0.15) is 9.37 Å². The molecule has 41 heavy (non-hydrogen) atoms. The fourth-order valence-corrected chi connectivity index (χ4v) is 3.96. The molecule has 0 fully saturated rings. The van der Waals surface area contributed by atoms with Crippen LogP contribution < -0.4 is 10.6 Å². The van der Waals surface area contributed by atoms with Crippen LogP contribution in [0.2, 0.25) is 0 Å². The number of hydrogen-bond donors (Lipinski definition) is 2. The van der Waals surface area contributed by atoms with Crippen molar-refractivity contribution in [2.45, 2.75) is 26.8 Å². The molecule has 5 aromatic rings. The summed E-state index contributed by atoms with van der Waals surface area (Å²) in [6, 6.07) is 11.4. The summed E-state index contributed by atoms with van der Waals surface area (Å²) in [5.74, 6) is 0.496. The van der Waals surface area contributed by atoms with Gasteiger partial charge >= 0.3 is 0 Å². The number of rotatable bonds is 8. The number of pyridine rings is 3. The van der Waals surface area contributed by atoms with Gasteiger partial charge in [-0.3, -0.25) is 19.8 Å². The predicted molar refractivity (Wildman–Crippen MR) is 149 cm³/mol. The number of amides is 1. The van der Waals surface area contributed by atoms with E-state index in [1.54, 1.807) is 44.4 Å². The number of carbonyl (C=O) groups excluding carboxylic acids is 1. The van der Waals surface area contributed by atoms with Crippen LogP contribution in [0.25, 0.3) is 22.6 Å². The maximum absolute atomic E-state index is 13.3. The minimum atomic E-state index is -0.536. The van der Waals surface area contributed by atoms with Gasteiger partial charge in [0.1, 0.15) is 11.5 Å². The van der Waals surface area contributed by atoms with Crippen molar-refractivity contribution in [1.82, 2.24) is 40.4 Å². The Kier molecular flexibility index (Phi) is 7.76. The Labute approximate surface area is 234 Å². The number of anilines is 2. The maximum atomic E-state index is 13.3. The van der Waals surface area contributed by atoms with Crippen LogP contribution in [0.1, 0.15) is 46.3 Å². The third-order valence-electron chi connectivity index (χ3n) is 5.99. The molecule has 1 amide bonds. The zero-order chi connectivity index (χ0) is 28.9. The van der Waals surface area contributed by atoms with E-state index in [-0.39, 0.29) is 29.5 Å². The van der Waals surface area contributed by atoms with Crippen molar-refractivity contribution in [1.29, 1.82) is 0 Å². The minimum absolute atomic E-state index is 0.232. The Morgan fingerprint density at radius 1 is 1.02 bits per heavy atom. The lowest BCUT2D eigenvalue weighted by Crippen LogP contribution is -2.27. The number of carbonyl (C=O) groups is 1. The summed E-state index contributed by atoms with van der Waals surface area (Å²) < 4.78 is 18.4. The molecule has 0 radical (unpaired) electrons. The molecular weight excluding hydrogens is 527 g/mol. The molecular formula is C28H25FN10O2. The Morgan fingerprint density at radius 3 is 2.59 bits per heavy atom. The molecule has 0 saturated heterocycles. The van der Waals surface area contributed by atoms with E-state index in [1.165, 1.54) is 18.5 Å². The Balaban J connectivity index is 1.25. The maximum Gasteiger partial charge on any atom is 0.270 e. The van der Waals surface area contributed by atoms with Crippen LogP contribution in [-0.4, -0.2) is 54.2 Å². The van der Waals surface area contributed by atoms with Crippen LogP contribution in [0.15, 0.2) is 64.4 Å². The topological polar surface area (TPSA) is 157 Å². The molecule has 1 atom stereocenters. The summed E-state index contributed by atoms with van der Waals surface area (Å²) in [5, 5.41) is 9.75. The van der Waals surface area contributed by atoms with Gasteiger partial charge in [-0.05, 0) is 61.8 Å². The molecule has 0 saturated carbocycles. The van der Waals surface area contributed by atoms with Crippen LogP contribution in [0.4, 0.5) is 16.2 Å². The third kappa shape index (κ3) is 6.41. The molecule has 206 valence electrons. The van der Waals surface area contributed by atoms with Gasteiger partial charge in [0.25, 0.3) is 17.7 Å². The van der Waals surface area contributed by atoms with Gasteiger partial charge in [-0.15, -0.1) is 0 Å². The number of aliphatic imine (C=N–C) groups is 1. The van der Waals surface area contributed by atoms with Gasteiger partial charge in [0.15, 0.2) is 5.82 Å². The minimum Gasteiger partial charge on any atom is -0.344 e. The average Bonchev–Trinajstić information content (AvgIpc) is 3.39. The summed E-state index contributed by atoms with van der Waals surface area (Å²) >= 11 is 0. The highest BCUT2D eigenvalue weighted by molar-refractivity contribution is 5.92. The summed E-state index contributed by atoms with van der Waals surface area (Å²) in [4.78, 5) is 42.5. The molecule has 0 aliphatic carbocycles. The summed E-state index contributed by atoms with van der Waals surface area (Å²) in [7, 11) is 1.60. The van der Waals surface area contributed by atoms with Gasteiger partial charge in [0, 0.05) is 48.0 Å². The molecule has 0 aliphatic rings. The second kappa shape index (κ2) is 11.7. The van der Waals surface area contributed by atoms with E-state index < -0.39 is 5.95 Å². The lowest BCUT2D eigenvalue weighted by atomic mass is 10.1. The zero-order valence-corrected chi connectivity index (χ0v) is 22.6. The number of hydrogen-bond acceptors (Lipinski definition) is 11. The first kappa shape index (κ1) is 27.1. The van der Waals surface area contributed by atoms with Crippen LogP contribution in [0, 0.1) is 19.8 Å². The van der Waals surface area contributed by atoms with Gasteiger partial charge in [-0.1, -0.05) is 6.07 Å². The zero-order valence-electron chi connectivity index (χ0n) is 22.6. The van der Waals surface area contributed by atoms with Crippen LogP contribution in [-0.2, 0) is 0 Å². The van der Waals surface area contributed by atoms with Crippen molar-refractivity contribution >= 4 is 23.9 Å². The fourth-order valence-electron chi connectivity index (χ4n) is 3.96. The Hall–Kier alpha value is -5.46. The van der Waals surface area contributed by atoms with Crippen molar-refractivity contribution in [3.05, 3.63) is 89.3 Å². The van der Waals surface area contributed by atoms with Gasteiger partial charge in [0.05, 0.1) is 18.0 Å². The van der Waals surface area contributed by atoms with E-state index in [2.05, 4.69) is 50.7 Å². The standard InChI is InChI=1S/C28H25FN10O2/c1-15-11-24(37-28-38-25(14-30-4)41-39-28)36-26(33-15)19-6-9-22(32-13-19)27(40)35-16(2)18-5-8-21(31-12-18)20-7-10-23(29)34-17(20)3/h5-14,16H,1-4H3,(H,35,40)(H,33,36,37,39). The molecule has 0 aromatic carbocycles. The van der Waals surface area contributed by atoms with E-state index in [4.69, 9.17) is 4.52 Å². The predicted octanol–water partition coefficient (Wildman–Crippen LogP) is 4.42. The summed E-state index contributed by atoms with van der Waals surface area (Å²) in [6.45, 7) is 5.41. The van der Waals surface area contributed by atoms with Crippen molar-refractivity contribution in [3.8, 4) is 22.6 Å². The van der Waals surface area contributed by atoms with Crippen molar-refractivity contribution in [2.24, 2.45) is 4.99 Å². The second-order valence-electron chi connectivity index (χ2n) is 9.06. The van der Waals surface area contributed by atoms with E-state index >= 15 is 0 Å². The molecule has 5 rings (SSSR count). The molecule has 0 aliphatic heterocycles. The Morgan fingerprint density at radius 2 is 1.88 bits per heavy atom. The van der Waals surface area contributed by atoms with Crippen molar-refractivity contribution in [2.75, 3.05) is 12.4 Å². The molecule has 1 unspecified atom stereocenters. The normalized spacial score (nSPS) is 11.9. The fraction of sp³-hybridized carbons (Fsp3) is 0.179. The molecule has 12 nitrogen and oxygen atoms in total. The van der Waals surface area contributed by atoms with E-state index in [0.717, 1.165) is 11.1 Å². The van der Waals surface area contributed by atoms with E-state index in [9.17, 15) is 9.18 Å². The highest BCUT2D eigenvalue weighted by Crippen LogP contribution is 2.23.